The quantitative estimate of drug-likeness (QED) is 0.868. The number of methoxy groups -OCH3 is 1. The lowest BCUT2D eigenvalue weighted by Gasteiger charge is -2.23. The molecule has 134 valence electrons. The van der Waals surface area contributed by atoms with E-state index >= 15 is 0 Å². The molecule has 1 fully saturated rings. The Balaban J connectivity index is 1.80. The van der Waals surface area contributed by atoms with Gasteiger partial charge in [-0.2, -0.15) is 4.98 Å². The third kappa shape index (κ3) is 4.38. The standard InChI is InChI=1S/C19H25N3O3/c1-13-20-19(22-25-13)18(15-10-6-7-11-16(15)24-2)21-17(23)12-14-8-4-3-5-9-14/h6-7,10-11,14,18H,3-5,8-9,12H2,1-2H3,(H,21,23)/t18-/m0/s1. The van der Waals surface area contributed by atoms with Gasteiger partial charge in [0.2, 0.25) is 11.8 Å². The Morgan fingerprint density at radius 3 is 2.76 bits per heavy atom. The summed E-state index contributed by atoms with van der Waals surface area (Å²) in [5, 5.41) is 7.09. The molecule has 1 aromatic heterocycles. The number of hydrogen-bond donors (Lipinski definition) is 1. The number of nitrogens with one attached hydrogen (secondary N) is 1. The summed E-state index contributed by atoms with van der Waals surface area (Å²) in [4.78, 5) is 17.0. The molecule has 1 aliphatic rings. The zero-order valence-corrected chi connectivity index (χ0v) is 14.8. The molecule has 3 rings (SSSR count). The highest BCUT2D eigenvalue weighted by molar-refractivity contribution is 5.77. The number of rotatable bonds is 6. The maximum absolute atomic E-state index is 12.6. The topological polar surface area (TPSA) is 77.2 Å². The smallest absolute Gasteiger partial charge is 0.223 e. The predicted molar refractivity (Wildman–Crippen MR) is 93.2 cm³/mol. The molecule has 6 nitrogen and oxygen atoms in total. The minimum Gasteiger partial charge on any atom is -0.496 e. The average molecular weight is 343 g/mol. The van der Waals surface area contributed by atoms with E-state index in [9.17, 15) is 4.79 Å². The van der Waals surface area contributed by atoms with Crippen LogP contribution in [0.2, 0.25) is 0 Å². The van der Waals surface area contributed by atoms with Crippen molar-refractivity contribution in [3.63, 3.8) is 0 Å². The summed E-state index contributed by atoms with van der Waals surface area (Å²) >= 11 is 0. The van der Waals surface area contributed by atoms with Crippen LogP contribution in [0.3, 0.4) is 0 Å². The van der Waals surface area contributed by atoms with Crippen LogP contribution in [0, 0.1) is 12.8 Å². The molecule has 0 radical (unpaired) electrons. The highest BCUT2D eigenvalue weighted by Crippen LogP contribution is 2.30. The molecule has 0 aliphatic heterocycles. The van der Waals surface area contributed by atoms with Gasteiger partial charge in [-0.25, -0.2) is 0 Å². The predicted octanol–water partition coefficient (Wildman–Crippen LogP) is 3.56. The number of nitrogens with zero attached hydrogens (tertiary/aromatic N) is 2. The van der Waals surface area contributed by atoms with Crippen molar-refractivity contribution in [2.24, 2.45) is 5.92 Å². The highest BCUT2D eigenvalue weighted by atomic mass is 16.5. The normalized spacial score (nSPS) is 16.4. The van der Waals surface area contributed by atoms with Gasteiger partial charge in [0.25, 0.3) is 0 Å². The van der Waals surface area contributed by atoms with E-state index in [1.54, 1.807) is 14.0 Å². The first-order chi connectivity index (χ1) is 12.2. The number of amides is 1. The van der Waals surface area contributed by atoms with Crippen LogP contribution in [0.25, 0.3) is 0 Å². The van der Waals surface area contributed by atoms with Crippen LogP contribution in [0.5, 0.6) is 5.75 Å². The third-order valence-corrected chi connectivity index (χ3v) is 4.76. The molecular formula is C19H25N3O3. The van der Waals surface area contributed by atoms with E-state index in [2.05, 4.69) is 15.5 Å². The monoisotopic (exact) mass is 343 g/mol. The highest BCUT2D eigenvalue weighted by Gasteiger charge is 2.26. The summed E-state index contributed by atoms with van der Waals surface area (Å²) in [5.41, 5.74) is 0.822. The van der Waals surface area contributed by atoms with Crippen molar-refractivity contribution in [1.82, 2.24) is 15.5 Å². The molecule has 2 aromatic rings. The van der Waals surface area contributed by atoms with Crippen molar-refractivity contribution in [2.75, 3.05) is 7.11 Å². The van der Waals surface area contributed by atoms with Gasteiger partial charge >= 0.3 is 0 Å². The van der Waals surface area contributed by atoms with E-state index in [1.807, 2.05) is 24.3 Å². The molecule has 25 heavy (non-hydrogen) atoms. The molecule has 0 bridgehead atoms. The summed E-state index contributed by atoms with van der Waals surface area (Å²) in [7, 11) is 1.61. The minimum atomic E-state index is -0.482. The number of hydrogen-bond acceptors (Lipinski definition) is 5. The van der Waals surface area contributed by atoms with Crippen molar-refractivity contribution < 1.29 is 14.1 Å². The Kier molecular flexibility index (Phi) is 5.68. The average Bonchev–Trinajstić information content (AvgIpc) is 3.06. The third-order valence-electron chi connectivity index (χ3n) is 4.76. The Labute approximate surface area is 148 Å². The maximum atomic E-state index is 12.6. The molecule has 1 N–H and O–H groups in total. The van der Waals surface area contributed by atoms with Crippen molar-refractivity contribution in [2.45, 2.75) is 51.5 Å². The summed E-state index contributed by atoms with van der Waals surface area (Å²) in [6.45, 7) is 1.74. The molecule has 0 unspecified atom stereocenters. The molecule has 6 heteroatoms. The number of ether oxygens (including phenoxy) is 1. The lowest BCUT2D eigenvalue weighted by molar-refractivity contribution is -0.122. The van der Waals surface area contributed by atoms with Crippen LogP contribution in [0.15, 0.2) is 28.8 Å². The number of carbonyl (C=O) groups is 1. The second-order valence-electron chi connectivity index (χ2n) is 6.62. The minimum absolute atomic E-state index is 0.0188. The molecule has 0 saturated heterocycles. The Morgan fingerprint density at radius 1 is 1.32 bits per heavy atom. The lowest BCUT2D eigenvalue weighted by Crippen LogP contribution is -2.32. The van der Waals surface area contributed by atoms with Crippen molar-refractivity contribution in [3.8, 4) is 5.75 Å². The van der Waals surface area contributed by atoms with Crippen LogP contribution in [0.1, 0.15) is 61.8 Å². The first-order valence-electron chi connectivity index (χ1n) is 8.90. The van der Waals surface area contributed by atoms with Gasteiger partial charge in [0.05, 0.1) is 7.11 Å². The van der Waals surface area contributed by atoms with Crippen molar-refractivity contribution in [1.29, 1.82) is 0 Å². The zero-order chi connectivity index (χ0) is 17.6. The van der Waals surface area contributed by atoms with Crippen molar-refractivity contribution in [3.05, 3.63) is 41.5 Å². The van der Waals surface area contributed by atoms with Crippen molar-refractivity contribution >= 4 is 5.91 Å². The summed E-state index contributed by atoms with van der Waals surface area (Å²) in [6, 6.07) is 7.10. The molecule has 1 aliphatic carbocycles. The second kappa shape index (κ2) is 8.14. The Hall–Kier alpha value is -2.37. The SMILES string of the molecule is COc1ccccc1[C@H](NC(=O)CC1CCCCC1)c1noc(C)n1. The van der Waals surface area contributed by atoms with Gasteiger partial charge in [-0.1, -0.05) is 42.6 Å². The fraction of sp³-hybridized carbons (Fsp3) is 0.526. The van der Waals surface area contributed by atoms with Crippen LogP contribution >= 0.6 is 0 Å². The van der Waals surface area contributed by atoms with Crippen LogP contribution in [-0.2, 0) is 4.79 Å². The molecule has 1 amide bonds. The van der Waals surface area contributed by atoms with Gasteiger partial charge in [0.1, 0.15) is 11.8 Å². The van der Waals surface area contributed by atoms with E-state index in [0.717, 1.165) is 18.4 Å². The maximum Gasteiger partial charge on any atom is 0.223 e. The molecule has 1 atom stereocenters. The Bertz CT molecular complexity index is 707. The van der Waals surface area contributed by atoms with E-state index in [4.69, 9.17) is 9.26 Å². The number of para-hydroxylation sites is 1. The fourth-order valence-corrected chi connectivity index (χ4v) is 3.49. The summed E-state index contributed by atoms with van der Waals surface area (Å²) in [6.07, 6.45) is 6.53. The lowest BCUT2D eigenvalue weighted by atomic mass is 9.86. The van der Waals surface area contributed by atoms with Crippen LogP contribution < -0.4 is 10.1 Å². The van der Waals surface area contributed by atoms with Gasteiger partial charge < -0.3 is 14.6 Å². The number of benzene rings is 1. The largest absolute Gasteiger partial charge is 0.496 e. The van der Waals surface area contributed by atoms with Gasteiger partial charge in [-0.15, -0.1) is 0 Å². The van der Waals surface area contributed by atoms with E-state index in [0.29, 0.717) is 29.8 Å². The summed E-state index contributed by atoms with van der Waals surface area (Å²) < 4.78 is 10.6. The number of aryl methyl sites for hydroxylation is 1. The molecule has 1 heterocycles. The van der Waals surface area contributed by atoms with Crippen LogP contribution in [-0.4, -0.2) is 23.2 Å². The molecular weight excluding hydrogens is 318 g/mol. The van der Waals surface area contributed by atoms with Gasteiger partial charge in [0, 0.05) is 18.9 Å². The zero-order valence-electron chi connectivity index (χ0n) is 14.8. The van der Waals surface area contributed by atoms with Crippen LogP contribution in [0.4, 0.5) is 0 Å². The molecule has 0 spiro atoms. The number of aromatic nitrogens is 2. The fourth-order valence-electron chi connectivity index (χ4n) is 3.49. The van der Waals surface area contributed by atoms with E-state index in [1.165, 1.54) is 19.3 Å². The van der Waals surface area contributed by atoms with Gasteiger partial charge in [0.15, 0.2) is 5.82 Å². The molecule has 1 saturated carbocycles. The first kappa shape index (κ1) is 17.5. The van der Waals surface area contributed by atoms with E-state index in [-0.39, 0.29) is 5.91 Å². The van der Waals surface area contributed by atoms with Gasteiger partial charge in [-0.05, 0) is 24.8 Å². The second-order valence-corrected chi connectivity index (χ2v) is 6.62. The molecule has 1 aromatic carbocycles. The Morgan fingerprint density at radius 2 is 2.08 bits per heavy atom. The number of carbonyl (C=O) groups excluding carboxylic acids is 1. The van der Waals surface area contributed by atoms with E-state index < -0.39 is 6.04 Å². The first-order valence-corrected chi connectivity index (χ1v) is 8.90. The summed E-state index contributed by atoms with van der Waals surface area (Å²) in [5.74, 6) is 2.09. The van der Waals surface area contributed by atoms with Gasteiger partial charge in [-0.3, -0.25) is 4.79 Å².